The molecule has 0 aliphatic carbocycles. The molecule has 0 saturated carbocycles. The van der Waals surface area contributed by atoms with Gasteiger partial charge < -0.3 is 19.6 Å². The fourth-order valence-corrected chi connectivity index (χ4v) is 2.79. The van der Waals surface area contributed by atoms with Crippen molar-refractivity contribution < 1.29 is 14.3 Å². The second kappa shape index (κ2) is 8.68. The molecule has 0 saturated heterocycles. The molecule has 0 atom stereocenters. The Morgan fingerprint density at radius 1 is 1.14 bits per heavy atom. The quantitative estimate of drug-likeness (QED) is 0.471. The number of oxazole rings is 1. The summed E-state index contributed by atoms with van der Waals surface area (Å²) in [4.78, 5) is 16.7. The molecule has 0 fully saturated rings. The number of benzene rings is 1. The number of aliphatic hydroxyl groups is 1. The molecule has 1 aromatic carbocycles. The summed E-state index contributed by atoms with van der Waals surface area (Å²) in [6.07, 6.45) is 6.09. The largest absolute Gasteiger partial charge is 0.486 e. The van der Waals surface area contributed by atoms with Gasteiger partial charge in [-0.1, -0.05) is 17.7 Å². The maximum absolute atomic E-state index is 9.18. The monoisotopic (exact) mass is 409 g/mol. The highest BCUT2D eigenvalue weighted by atomic mass is 35.5. The fraction of sp³-hybridized carbons (Fsp3) is 0.100. The van der Waals surface area contributed by atoms with E-state index < -0.39 is 0 Å². The molecule has 4 aromatic rings. The molecule has 0 unspecified atom stereocenters. The highest BCUT2D eigenvalue weighted by Crippen LogP contribution is 2.32. The van der Waals surface area contributed by atoms with Crippen LogP contribution in [0.1, 0.15) is 11.4 Å². The van der Waals surface area contributed by atoms with Gasteiger partial charge >= 0.3 is 0 Å². The number of aromatic nitrogens is 4. The van der Waals surface area contributed by atoms with E-state index in [-0.39, 0.29) is 6.61 Å². The molecule has 3 heterocycles. The Kier molecular flexibility index (Phi) is 5.64. The summed E-state index contributed by atoms with van der Waals surface area (Å²) in [6, 6.07) is 10.9. The molecule has 0 amide bonds. The van der Waals surface area contributed by atoms with Gasteiger partial charge in [-0.2, -0.15) is 0 Å². The Bertz CT molecular complexity index is 1100. The van der Waals surface area contributed by atoms with Crippen molar-refractivity contribution in [1.82, 2.24) is 19.9 Å². The third-order valence-corrected chi connectivity index (χ3v) is 4.25. The number of rotatable bonds is 7. The molecule has 146 valence electrons. The van der Waals surface area contributed by atoms with Crippen LogP contribution in [0.25, 0.3) is 11.5 Å². The van der Waals surface area contributed by atoms with Gasteiger partial charge in [0.1, 0.15) is 36.5 Å². The maximum atomic E-state index is 9.18. The Morgan fingerprint density at radius 2 is 2.07 bits per heavy atom. The van der Waals surface area contributed by atoms with Crippen molar-refractivity contribution in [3.63, 3.8) is 0 Å². The van der Waals surface area contributed by atoms with E-state index in [1.165, 1.54) is 12.6 Å². The van der Waals surface area contributed by atoms with E-state index in [4.69, 9.17) is 20.8 Å². The maximum Gasteiger partial charge on any atom is 0.231 e. The zero-order chi connectivity index (χ0) is 20.1. The van der Waals surface area contributed by atoms with Crippen LogP contribution in [0, 0.1) is 0 Å². The normalized spacial score (nSPS) is 10.7. The number of hydrogen-bond acceptors (Lipinski definition) is 8. The average molecular weight is 410 g/mol. The highest BCUT2D eigenvalue weighted by Gasteiger charge is 2.14. The minimum Gasteiger partial charge on any atom is -0.486 e. The number of aliphatic hydroxyl groups excluding tert-OH is 1. The zero-order valence-corrected chi connectivity index (χ0v) is 15.9. The third-order valence-electron chi connectivity index (χ3n) is 3.95. The van der Waals surface area contributed by atoms with Gasteiger partial charge in [-0.15, -0.1) is 0 Å². The van der Waals surface area contributed by atoms with Crippen molar-refractivity contribution in [2.45, 2.75) is 13.2 Å². The van der Waals surface area contributed by atoms with E-state index in [9.17, 15) is 5.11 Å². The highest BCUT2D eigenvalue weighted by molar-refractivity contribution is 6.32. The lowest BCUT2D eigenvalue weighted by molar-refractivity contribution is 0.276. The summed E-state index contributed by atoms with van der Waals surface area (Å²) in [5.74, 6) is 1.34. The summed E-state index contributed by atoms with van der Waals surface area (Å²) in [7, 11) is 0. The smallest absolute Gasteiger partial charge is 0.231 e. The summed E-state index contributed by atoms with van der Waals surface area (Å²) in [6.45, 7) is 0.107. The standard InChI is InChI=1S/C20H16ClN5O3/c21-17-7-13(4-5-18(17)28-10-14-3-1-2-6-23-14)25-19-16(8-22-12-24-19)20-26-15(9-27)11-29-20/h1-8,11-12,27H,9-10H2,(H,22,24,25). The SMILES string of the molecule is OCc1coc(-c2cncnc2Nc2ccc(OCc3ccccn3)c(Cl)c2)n1. The number of nitrogens with zero attached hydrogens (tertiary/aromatic N) is 4. The van der Waals surface area contributed by atoms with Crippen LogP contribution in [-0.4, -0.2) is 25.0 Å². The molecular formula is C20H16ClN5O3. The summed E-state index contributed by atoms with van der Waals surface area (Å²) < 4.78 is 11.1. The topological polar surface area (TPSA) is 106 Å². The average Bonchev–Trinajstić information content (AvgIpc) is 3.23. The van der Waals surface area contributed by atoms with E-state index in [0.717, 1.165) is 5.69 Å². The predicted octanol–water partition coefficient (Wildman–Crippen LogP) is 3.99. The van der Waals surface area contributed by atoms with Crippen molar-refractivity contribution in [3.8, 4) is 17.2 Å². The van der Waals surface area contributed by atoms with E-state index in [1.54, 1.807) is 24.5 Å². The van der Waals surface area contributed by atoms with E-state index in [1.807, 2.05) is 24.3 Å². The lowest BCUT2D eigenvalue weighted by Crippen LogP contribution is -2.00. The number of halogens is 1. The number of pyridine rings is 1. The van der Waals surface area contributed by atoms with Crippen LogP contribution in [0.15, 0.2) is 65.8 Å². The first-order chi connectivity index (χ1) is 14.2. The second-order valence-electron chi connectivity index (χ2n) is 5.97. The van der Waals surface area contributed by atoms with Gasteiger partial charge in [-0.25, -0.2) is 15.0 Å². The van der Waals surface area contributed by atoms with Gasteiger partial charge in [-0.05, 0) is 30.3 Å². The van der Waals surface area contributed by atoms with Gasteiger partial charge in [0.05, 0.1) is 22.9 Å². The lowest BCUT2D eigenvalue weighted by Gasteiger charge is -2.11. The van der Waals surface area contributed by atoms with E-state index >= 15 is 0 Å². The molecule has 0 aliphatic heterocycles. The number of nitrogens with one attached hydrogen (secondary N) is 1. The Labute approximate surface area is 171 Å². The van der Waals surface area contributed by atoms with Crippen LogP contribution in [0.2, 0.25) is 5.02 Å². The Balaban J connectivity index is 1.51. The minimum absolute atomic E-state index is 0.213. The second-order valence-corrected chi connectivity index (χ2v) is 6.37. The molecule has 0 aliphatic rings. The molecule has 9 heteroatoms. The summed E-state index contributed by atoms with van der Waals surface area (Å²) in [5, 5.41) is 12.8. The van der Waals surface area contributed by atoms with Gasteiger partial charge in [0.15, 0.2) is 0 Å². The molecule has 29 heavy (non-hydrogen) atoms. The van der Waals surface area contributed by atoms with Crippen LogP contribution in [0.4, 0.5) is 11.5 Å². The van der Waals surface area contributed by atoms with Crippen LogP contribution in [-0.2, 0) is 13.2 Å². The van der Waals surface area contributed by atoms with E-state index in [0.29, 0.717) is 46.0 Å². The number of anilines is 2. The molecule has 0 bridgehead atoms. The van der Waals surface area contributed by atoms with Crippen molar-refractivity contribution in [2.75, 3.05) is 5.32 Å². The van der Waals surface area contributed by atoms with Crippen molar-refractivity contribution in [1.29, 1.82) is 0 Å². The van der Waals surface area contributed by atoms with Gasteiger partial charge in [-0.3, -0.25) is 4.98 Å². The number of ether oxygens (including phenoxy) is 1. The lowest BCUT2D eigenvalue weighted by atomic mass is 10.2. The van der Waals surface area contributed by atoms with Crippen molar-refractivity contribution in [2.24, 2.45) is 0 Å². The first-order valence-electron chi connectivity index (χ1n) is 8.68. The Morgan fingerprint density at radius 3 is 2.83 bits per heavy atom. The first kappa shape index (κ1) is 18.9. The Hall–Kier alpha value is -3.49. The molecular weight excluding hydrogens is 394 g/mol. The van der Waals surface area contributed by atoms with Gasteiger partial charge in [0.2, 0.25) is 5.89 Å². The van der Waals surface area contributed by atoms with Crippen LogP contribution < -0.4 is 10.1 Å². The van der Waals surface area contributed by atoms with Crippen LogP contribution in [0.3, 0.4) is 0 Å². The van der Waals surface area contributed by atoms with Crippen LogP contribution >= 0.6 is 11.6 Å². The van der Waals surface area contributed by atoms with Crippen molar-refractivity contribution in [3.05, 3.63) is 77.8 Å². The van der Waals surface area contributed by atoms with Crippen LogP contribution in [0.5, 0.6) is 5.75 Å². The fourth-order valence-electron chi connectivity index (χ4n) is 2.56. The molecule has 0 spiro atoms. The molecule has 3 aromatic heterocycles. The number of hydrogen-bond donors (Lipinski definition) is 2. The van der Waals surface area contributed by atoms with Crippen molar-refractivity contribution >= 4 is 23.1 Å². The zero-order valence-electron chi connectivity index (χ0n) is 15.1. The molecule has 8 nitrogen and oxygen atoms in total. The first-order valence-corrected chi connectivity index (χ1v) is 9.05. The minimum atomic E-state index is -0.213. The molecule has 0 radical (unpaired) electrons. The van der Waals surface area contributed by atoms with E-state index in [2.05, 4.69) is 25.3 Å². The molecule has 2 N–H and O–H groups in total. The van der Waals surface area contributed by atoms with Gasteiger partial charge in [0.25, 0.3) is 0 Å². The summed E-state index contributed by atoms with van der Waals surface area (Å²) in [5.41, 5.74) is 2.49. The van der Waals surface area contributed by atoms with Gasteiger partial charge in [0, 0.05) is 18.1 Å². The molecule has 4 rings (SSSR count). The predicted molar refractivity (Wildman–Crippen MR) is 107 cm³/mol. The summed E-state index contributed by atoms with van der Waals surface area (Å²) >= 11 is 6.36. The third kappa shape index (κ3) is 4.50.